The maximum atomic E-state index is 2.46. The first-order valence-corrected chi connectivity index (χ1v) is 16.8. The smallest absolute Gasteiger partial charge is 0.0546 e. The number of anilines is 3. The van der Waals surface area contributed by atoms with Gasteiger partial charge in [-0.1, -0.05) is 159 Å². The molecule has 0 aliphatic heterocycles. The van der Waals surface area contributed by atoms with Crippen LogP contribution >= 0.6 is 0 Å². The molecule has 0 radical (unpaired) electrons. The van der Waals surface area contributed by atoms with Gasteiger partial charge in [0.15, 0.2) is 0 Å². The van der Waals surface area contributed by atoms with E-state index in [9.17, 15) is 0 Å². The fourth-order valence-electron chi connectivity index (χ4n) is 7.88. The first kappa shape index (κ1) is 28.3. The van der Waals surface area contributed by atoms with Crippen LogP contribution in [0.5, 0.6) is 0 Å². The van der Waals surface area contributed by atoms with Crippen molar-refractivity contribution < 1.29 is 0 Å². The Hall–Kier alpha value is -5.92. The highest BCUT2D eigenvalue weighted by Gasteiger charge is 2.35. The minimum atomic E-state index is -0.0519. The number of hydrogen-bond acceptors (Lipinski definition) is 1. The Morgan fingerprint density at radius 3 is 1.79 bits per heavy atom. The molecule has 1 aliphatic carbocycles. The highest BCUT2D eigenvalue weighted by Crippen LogP contribution is 2.52. The summed E-state index contributed by atoms with van der Waals surface area (Å²) < 4.78 is 0. The predicted octanol–water partition coefficient (Wildman–Crippen LogP) is 13.1. The second-order valence-corrected chi connectivity index (χ2v) is 13.4. The lowest BCUT2D eigenvalue weighted by atomic mass is 9.82. The van der Waals surface area contributed by atoms with Crippen molar-refractivity contribution >= 4 is 38.6 Å². The molecule has 0 amide bonds. The maximum absolute atomic E-state index is 2.46. The summed E-state index contributed by atoms with van der Waals surface area (Å²) >= 11 is 0. The summed E-state index contributed by atoms with van der Waals surface area (Å²) in [4.78, 5) is 2.46. The molecule has 0 atom stereocenters. The number of rotatable bonds is 5. The third kappa shape index (κ3) is 4.47. The second-order valence-electron chi connectivity index (χ2n) is 13.4. The van der Waals surface area contributed by atoms with Crippen LogP contribution in [0, 0.1) is 0 Å². The van der Waals surface area contributed by atoms with Gasteiger partial charge in [-0.05, 0) is 90.8 Å². The van der Waals surface area contributed by atoms with Crippen molar-refractivity contribution in [3.63, 3.8) is 0 Å². The largest absolute Gasteiger partial charge is 0.310 e. The normalized spacial score (nSPS) is 13.0. The van der Waals surface area contributed by atoms with E-state index in [2.05, 4.69) is 195 Å². The van der Waals surface area contributed by atoms with Crippen LogP contribution in [0.4, 0.5) is 17.1 Å². The van der Waals surface area contributed by atoms with Gasteiger partial charge in [0.25, 0.3) is 0 Å². The van der Waals surface area contributed by atoms with Crippen molar-refractivity contribution in [1.82, 2.24) is 0 Å². The van der Waals surface area contributed by atoms with Crippen molar-refractivity contribution in [3.05, 3.63) is 187 Å². The zero-order valence-corrected chi connectivity index (χ0v) is 27.2. The van der Waals surface area contributed by atoms with Gasteiger partial charge in [-0.25, -0.2) is 0 Å². The van der Waals surface area contributed by atoms with E-state index in [0.29, 0.717) is 0 Å². The Labute approximate surface area is 282 Å². The van der Waals surface area contributed by atoms with Crippen molar-refractivity contribution in [3.8, 4) is 33.4 Å². The van der Waals surface area contributed by atoms with Crippen molar-refractivity contribution in [2.24, 2.45) is 0 Å². The molecule has 228 valence electrons. The summed E-state index contributed by atoms with van der Waals surface area (Å²) in [6.07, 6.45) is 0. The highest BCUT2D eigenvalue weighted by molar-refractivity contribution is 6.11. The van der Waals surface area contributed by atoms with Crippen LogP contribution in [0.3, 0.4) is 0 Å². The predicted molar refractivity (Wildman–Crippen MR) is 205 cm³/mol. The molecule has 1 nitrogen and oxygen atoms in total. The van der Waals surface area contributed by atoms with E-state index in [1.165, 1.54) is 66.1 Å². The van der Waals surface area contributed by atoms with E-state index in [4.69, 9.17) is 0 Å². The van der Waals surface area contributed by atoms with E-state index in [0.717, 1.165) is 17.1 Å². The Morgan fingerprint density at radius 2 is 0.979 bits per heavy atom. The van der Waals surface area contributed by atoms with Gasteiger partial charge in [0.05, 0.1) is 5.69 Å². The van der Waals surface area contributed by atoms with E-state index in [-0.39, 0.29) is 5.41 Å². The average molecular weight is 614 g/mol. The van der Waals surface area contributed by atoms with Crippen LogP contribution in [0.2, 0.25) is 0 Å². The molecule has 1 heteroatoms. The molecule has 0 fully saturated rings. The molecule has 1 aliphatic rings. The van der Waals surface area contributed by atoms with E-state index < -0.39 is 0 Å². The molecule has 0 aromatic heterocycles. The summed E-state index contributed by atoms with van der Waals surface area (Å²) in [7, 11) is 0. The van der Waals surface area contributed by atoms with Gasteiger partial charge in [-0.2, -0.15) is 0 Å². The highest BCUT2D eigenvalue weighted by atomic mass is 15.1. The molecule has 0 unspecified atom stereocenters. The van der Waals surface area contributed by atoms with Crippen LogP contribution in [0.1, 0.15) is 25.0 Å². The number of hydrogen-bond donors (Lipinski definition) is 0. The SMILES string of the molecule is CC1(C)c2ccccc2-c2cc(N(c3ccc(-c4ccccc4)cc3)c3ccc4ccccc4c3-c3cccc4ccccc34)ccc21. The van der Waals surface area contributed by atoms with Crippen molar-refractivity contribution in [2.75, 3.05) is 4.90 Å². The molecule has 0 heterocycles. The van der Waals surface area contributed by atoms with Gasteiger partial charge < -0.3 is 4.90 Å². The Bertz CT molecular complexity index is 2460. The maximum Gasteiger partial charge on any atom is 0.0546 e. The Morgan fingerprint density at radius 1 is 0.396 bits per heavy atom. The van der Waals surface area contributed by atoms with Crippen LogP contribution in [0.25, 0.3) is 54.9 Å². The second kappa shape index (κ2) is 11.1. The molecule has 9 rings (SSSR count). The van der Waals surface area contributed by atoms with E-state index in [1.807, 2.05) is 0 Å². The Kier molecular flexibility index (Phi) is 6.55. The molecule has 0 spiro atoms. The van der Waals surface area contributed by atoms with Gasteiger partial charge in [0.1, 0.15) is 0 Å². The van der Waals surface area contributed by atoms with E-state index >= 15 is 0 Å². The lowest BCUT2D eigenvalue weighted by Crippen LogP contribution is -2.15. The molecular weight excluding hydrogens is 579 g/mol. The molecule has 8 aromatic carbocycles. The fourth-order valence-corrected chi connectivity index (χ4v) is 7.88. The van der Waals surface area contributed by atoms with E-state index in [1.54, 1.807) is 0 Å². The van der Waals surface area contributed by atoms with Gasteiger partial charge in [-0.15, -0.1) is 0 Å². The zero-order valence-electron chi connectivity index (χ0n) is 27.2. The summed E-state index contributed by atoms with van der Waals surface area (Å²) in [5.41, 5.74) is 13.7. The van der Waals surface area contributed by atoms with Crippen LogP contribution in [0.15, 0.2) is 176 Å². The monoisotopic (exact) mass is 613 g/mol. The third-order valence-corrected chi connectivity index (χ3v) is 10.3. The van der Waals surface area contributed by atoms with Gasteiger partial charge in [0.2, 0.25) is 0 Å². The van der Waals surface area contributed by atoms with Gasteiger partial charge in [-0.3, -0.25) is 0 Å². The number of benzene rings is 8. The van der Waals surface area contributed by atoms with Crippen molar-refractivity contribution in [2.45, 2.75) is 19.3 Å². The minimum absolute atomic E-state index is 0.0519. The van der Waals surface area contributed by atoms with Gasteiger partial charge >= 0.3 is 0 Å². The molecule has 8 aromatic rings. The molecular formula is C47H35N. The van der Waals surface area contributed by atoms with Gasteiger partial charge in [0, 0.05) is 22.4 Å². The van der Waals surface area contributed by atoms with Crippen molar-refractivity contribution in [1.29, 1.82) is 0 Å². The lowest BCUT2D eigenvalue weighted by Gasteiger charge is -2.30. The quantitative estimate of drug-likeness (QED) is 0.187. The minimum Gasteiger partial charge on any atom is -0.310 e. The standard InChI is InChI=1S/C47H35N/c1-47(2)43-22-11-10-20-40(43)42-31-37(28-29-44(42)47)48(36-26-23-33(24-27-36)32-13-4-3-5-14-32)45-30-25-35-16-7-9-19-39(35)46(45)41-21-12-17-34-15-6-8-18-38(34)41/h3-31H,1-2H3. The molecule has 0 saturated heterocycles. The molecule has 0 saturated carbocycles. The van der Waals surface area contributed by atoms with Crippen LogP contribution in [-0.4, -0.2) is 0 Å². The number of nitrogens with zero attached hydrogens (tertiary/aromatic N) is 1. The topological polar surface area (TPSA) is 3.24 Å². The van der Waals surface area contributed by atoms with Crippen LogP contribution < -0.4 is 4.90 Å². The molecule has 0 bridgehead atoms. The third-order valence-electron chi connectivity index (χ3n) is 10.3. The number of fused-ring (bicyclic) bond motifs is 5. The lowest BCUT2D eigenvalue weighted by molar-refractivity contribution is 0.660. The first-order valence-electron chi connectivity index (χ1n) is 16.8. The zero-order chi connectivity index (χ0) is 32.2. The summed E-state index contributed by atoms with van der Waals surface area (Å²) in [5, 5.41) is 4.96. The Balaban J connectivity index is 1.33. The summed E-state index contributed by atoms with van der Waals surface area (Å²) in [6, 6.07) is 64.5. The average Bonchev–Trinajstić information content (AvgIpc) is 3.37. The summed E-state index contributed by atoms with van der Waals surface area (Å²) in [6.45, 7) is 4.69. The molecule has 0 N–H and O–H groups in total. The van der Waals surface area contributed by atoms with Crippen LogP contribution in [-0.2, 0) is 5.41 Å². The fraction of sp³-hybridized carbons (Fsp3) is 0.0638. The summed E-state index contributed by atoms with van der Waals surface area (Å²) in [5.74, 6) is 0. The molecule has 48 heavy (non-hydrogen) atoms. The first-order chi connectivity index (χ1) is 23.6.